The van der Waals surface area contributed by atoms with Crippen LogP contribution in [0.1, 0.15) is 38.6 Å². The van der Waals surface area contributed by atoms with E-state index in [1.165, 1.54) is 0 Å². The highest BCUT2D eigenvalue weighted by Crippen LogP contribution is 2.30. The molecule has 5 heteroatoms. The molecule has 1 aliphatic rings. The van der Waals surface area contributed by atoms with E-state index in [2.05, 4.69) is 10.3 Å². The number of ether oxygens (including phenoxy) is 1. The monoisotopic (exact) mass is 287 g/mol. The van der Waals surface area contributed by atoms with Gasteiger partial charge in [-0.25, -0.2) is 4.98 Å². The minimum Gasteiger partial charge on any atom is -0.370 e. The van der Waals surface area contributed by atoms with Crippen LogP contribution in [0.2, 0.25) is 0 Å². The summed E-state index contributed by atoms with van der Waals surface area (Å²) in [5.74, 6) is 0.875. The lowest BCUT2D eigenvalue weighted by molar-refractivity contribution is -0.122. The molecule has 1 N–H and O–H groups in total. The number of benzene rings is 1. The van der Waals surface area contributed by atoms with Gasteiger partial charge in [-0.2, -0.15) is 0 Å². The van der Waals surface area contributed by atoms with Crippen molar-refractivity contribution in [2.24, 2.45) is 0 Å². The molecule has 1 aromatic heterocycles. The molecule has 1 amide bonds. The first-order valence-corrected chi connectivity index (χ1v) is 7.51. The highest BCUT2D eigenvalue weighted by atomic mass is 16.5. The molecule has 0 spiro atoms. The average Bonchev–Trinajstić information content (AvgIpc) is 3.06. The fraction of sp³-hybridized carbons (Fsp3) is 0.500. The molecule has 1 atom stereocenters. The topological polar surface area (TPSA) is 56.2 Å². The fourth-order valence-electron chi connectivity index (χ4n) is 2.80. The number of carbonyl (C=O) groups is 1. The second-order valence-electron chi connectivity index (χ2n) is 5.77. The number of rotatable bonds is 4. The maximum atomic E-state index is 12.1. The molecular formula is C16H21N3O2. The minimum absolute atomic E-state index is 0.00394. The van der Waals surface area contributed by atoms with Crippen LogP contribution in [0.4, 0.5) is 0 Å². The second kappa shape index (κ2) is 5.85. The Balaban J connectivity index is 1.97. The summed E-state index contributed by atoms with van der Waals surface area (Å²) in [5.41, 5.74) is 1.90. The van der Waals surface area contributed by atoms with E-state index in [1.807, 2.05) is 42.7 Å². The third-order valence-corrected chi connectivity index (χ3v) is 3.65. The van der Waals surface area contributed by atoms with E-state index in [0.717, 1.165) is 36.3 Å². The van der Waals surface area contributed by atoms with E-state index in [4.69, 9.17) is 4.74 Å². The van der Waals surface area contributed by atoms with E-state index >= 15 is 0 Å². The summed E-state index contributed by atoms with van der Waals surface area (Å²) < 4.78 is 7.75. The van der Waals surface area contributed by atoms with Crippen LogP contribution in [0, 0.1) is 0 Å². The minimum atomic E-state index is 0.00394. The van der Waals surface area contributed by atoms with Gasteiger partial charge in [0.05, 0.1) is 11.0 Å². The van der Waals surface area contributed by atoms with E-state index < -0.39 is 0 Å². The first-order chi connectivity index (χ1) is 10.1. The third kappa shape index (κ3) is 2.93. The average molecular weight is 287 g/mol. The molecule has 1 fully saturated rings. The van der Waals surface area contributed by atoms with E-state index in [9.17, 15) is 4.79 Å². The Morgan fingerprint density at radius 2 is 2.29 bits per heavy atom. The molecule has 0 radical (unpaired) electrons. The number of hydrogen-bond acceptors (Lipinski definition) is 3. The van der Waals surface area contributed by atoms with Gasteiger partial charge in [-0.1, -0.05) is 12.1 Å². The van der Waals surface area contributed by atoms with Crippen LogP contribution in [-0.4, -0.2) is 28.1 Å². The maximum absolute atomic E-state index is 12.1. The predicted octanol–water partition coefficient (Wildman–Crippen LogP) is 2.41. The van der Waals surface area contributed by atoms with Crippen molar-refractivity contribution in [1.29, 1.82) is 0 Å². The molecule has 2 aromatic rings. The zero-order chi connectivity index (χ0) is 14.8. The lowest BCUT2D eigenvalue weighted by atomic mass is 10.2. The molecule has 1 aliphatic heterocycles. The summed E-state index contributed by atoms with van der Waals surface area (Å²) in [5, 5.41) is 2.94. The van der Waals surface area contributed by atoms with Gasteiger partial charge in [0.15, 0.2) is 0 Å². The summed E-state index contributed by atoms with van der Waals surface area (Å²) in [7, 11) is 0. The Morgan fingerprint density at radius 3 is 3.00 bits per heavy atom. The van der Waals surface area contributed by atoms with Crippen molar-refractivity contribution < 1.29 is 9.53 Å². The Hall–Kier alpha value is -1.88. The van der Waals surface area contributed by atoms with Gasteiger partial charge in [-0.15, -0.1) is 0 Å². The molecular weight excluding hydrogens is 266 g/mol. The summed E-state index contributed by atoms with van der Waals surface area (Å²) in [4.78, 5) is 16.8. The number of nitrogens with zero attached hydrogens (tertiary/aromatic N) is 2. The van der Waals surface area contributed by atoms with Crippen LogP contribution in [0.5, 0.6) is 0 Å². The Labute approximate surface area is 124 Å². The number of fused-ring (bicyclic) bond motifs is 1. The van der Waals surface area contributed by atoms with Crippen LogP contribution in [-0.2, 0) is 16.1 Å². The van der Waals surface area contributed by atoms with Gasteiger partial charge in [-0.3, -0.25) is 4.79 Å². The van der Waals surface area contributed by atoms with Crippen molar-refractivity contribution >= 4 is 16.9 Å². The van der Waals surface area contributed by atoms with E-state index in [1.54, 1.807) is 0 Å². The first kappa shape index (κ1) is 14.1. The van der Waals surface area contributed by atoms with Gasteiger partial charge in [0.1, 0.15) is 18.5 Å². The standard InChI is InChI=1S/C16H21N3O2/c1-11(2)17-15(20)10-19-13-7-4-3-6-12(13)18-16(19)14-8-5-9-21-14/h3-4,6-7,11,14H,5,8-10H2,1-2H3,(H,17,20)/t14-/m0/s1. The van der Waals surface area contributed by atoms with Gasteiger partial charge < -0.3 is 14.6 Å². The van der Waals surface area contributed by atoms with Crippen molar-refractivity contribution in [1.82, 2.24) is 14.9 Å². The van der Waals surface area contributed by atoms with Crippen molar-refractivity contribution in [2.75, 3.05) is 6.61 Å². The number of nitrogens with one attached hydrogen (secondary N) is 1. The van der Waals surface area contributed by atoms with E-state index in [0.29, 0.717) is 0 Å². The fourth-order valence-corrected chi connectivity index (χ4v) is 2.80. The lowest BCUT2D eigenvalue weighted by Gasteiger charge is -2.14. The molecule has 112 valence electrons. The maximum Gasteiger partial charge on any atom is 0.240 e. The van der Waals surface area contributed by atoms with Crippen molar-refractivity contribution in [2.45, 2.75) is 45.4 Å². The Morgan fingerprint density at radius 1 is 1.48 bits per heavy atom. The van der Waals surface area contributed by atoms with Gasteiger partial charge in [0.2, 0.25) is 5.91 Å². The van der Waals surface area contributed by atoms with Crippen LogP contribution in [0.15, 0.2) is 24.3 Å². The van der Waals surface area contributed by atoms with Crippen LogP contribution < -0.4 is 5.32 Å². The summed E-state index contributed by atoms with van der Waals surface area (Å²) >= 11 is 0. The van der Waals surface area contributed by atoms with Crippen LogP contribution in [0.3, 0.4) is 0 Å². The summed E-state index contributed by atoms with van der Waals surface area (Å²) in [6.07, 6.45) is 2.02. The predicted molar refractivity (Wildman–Crippen MR) is 80.9 cm³/mol. The molecule has 0 bridgehead atoms. The molecule has 3 rings (SSSR count). The first-order valence-electron chi connectivity index (χ1n) is 7.51. The normalized spacial score (nSPS) is 18.5. The van der Waals surface area contributed by atoms with Crippen LogP contribution >= 0.6 is 0 Å². The second-order valence-corrected chi connectivity index (χ2v) is 5.77. The molecule has 0 saturated carbocycles. The van der Waals surface area contributed by atoms with Gasteiger partial charge >= 0.3 is 0 Å². The quantitative estimate of drug-likeness (QED) is 0.939. The molecule has 0 unspecified atom stereocenters. The van der Waals surface area contributed by atoms with Gasteiger partial charge in [-0.05, 0) is 38.8 Å². The Bertz CT molecular complexity index is 642. The summed E-state index contributed by atoms with van der Waals surface area (Å²) in [6.45, 7) is 4.98. The van der Waals surface area contributed by atoms with Crippen molar-refractivity contribution in [3.05, 3.63) is 30.1 Å². The highest BCUT2D eigenvalue weighted by Gasteiger charge is 2.25. The van der Waals surface area contributed by atoms with Crippen LogP contribution in [0.25, 0.3) is 11.0 Å². The number of hydrogen-bond donors (Lipinski definition) is 1. The van der Waals surface area contributed by atoms with E-state index in [-0.39, 0.29) is 24.6 Å². The molecule has 0 aliphatic carbocycles. The van der Waals surface area contributed by atoms with Gasteiger partial charge in [0, 0.05) is 12.6 Å². The zero-order valence-corrected chi connectivity index (χ0v) is 12.5. The smallest absolute Gasteiger partial charge is 0.240 e. The largest absolute Gasteiger partial charge is 0.370 e. The van der Waals surface area contributed by atoms with Crippen molar-refractivity contribution in [3.63, 3.8) is 0 Å². The third-order valence-electron chi connectivity index (χ3n) is 3.65. The molecule has 5 nitrogen and oxygen atoms in total. The lowest BCUT2D eigenvalue weighted by Crippen LogP contribution is -2.33. The summed E-state index contributed by atoms with van der Waals surface area (Å²) in [6, 6.07) is 8.06. The number of amides is 1. The number of carbonyl (C=O) groups excluding carboxylic acids is 1. The number of aromatic nitrogens is 2. The molecule has 21 heavy (non-hydrogen) atoms. The SMILES string of the molecule is CC(C)NC(=O)Cn1c([C@@H]2CCCO2)nc2ccccc21. The van der Waals surface area contributed by atoms with Gasteiger partial charge in [0.25, 0.3) is 0 Å². The zero-order valence-electron chi connectivity index (χ0n) is 12.5. The highest BCUT2D eigenvalue weighted by molar-refractivity contribution is 5.81. The molecule has 1 saturated heterocycles. The molecule has 1 aromatic carbocycles. The van der Waals surface area contributed by atoms with Crippen molar-refractivity contribution in [3.8, 4) is 0 Å². The number of para-hydroxylation sites is 2. The Kier molecular flexibility index (Phi) is 3.92. The molecule has 2 heterocycles. The number of imidazole rings is 1.